The van der Waals surface area contributed by atoms with E-state index in [4.69, 9.17) is 0 Å². The Bertz CT molecular complexity index is 705. The van der Waals surface area contributed by atoms with E-state index in [2.05, 4.69) is 54.1 Å². The molecule has 124 valence electrons. The van der Waals surface area contributed by atoms with Crippen molar-refractivity contribution < 1.29 is 0 Å². The summed E-state index contributed by atoms with van der Waals surface area (Å²) < 4.78 is 2.33. The number of thioether (sulfide) groups is 1. The van der Waals surface area contributed by atoms with E-state index in [1.54, 1.807) is 16.5 Å². The molecule has 0 saturated carbocycles. The van der Waals surface area contributed by atoms with Crippen LogP contribution in [0.15, 0.2) is 24.4 Å². The minimum Gasteiger partial charge on any atom is -0.350 e. The van der Waals surface area contributed by atoms with Crippen LogP contribution in [0.5, 0.6) is 0 Å². The summed E-state index contributed by atoms with van der Waals surface area (Å²) in [5.74, 6) is 2.88. The third-order valence-corrected chi connectivity index (χ3v) is 6.69. The van der Waals surface area contributed by atoms with Crippen molar-refractivity contribution in [3.63, 3.8) is 0 Å². The van der Waals surface area contributed by atoms with Gasteiger partial charge in [-0.15, -0.1) is 0 Å². The van der Waals surface area contributed by atoms with Crippen LogP contribution in [0.1, 0.15) is 36.8 Å². The number of aromatic nitrogens is 1. The van der Waals surface area contributed by atoms with Crippen molar-refractivity contribution in [2.24, 2.45) is 13.0 Å². The standard InChI is InChI=1S/C20H28N2S/c1-4-8-22-11-14(13-23-3)9-17-16-6-5-7-18-20(16)15(10-19(17)22)12-21(18)2/h5-7,12,14,17,19H,4,8-11,13H2,1-3H3/t14?,17-,19-/m0/s1. The molecule has 0 radical (unpaired) electrons. The van der Waals surface area contributed by atoms with E-state index in [0.29, 0.717) is 6.04 Å². The first-order valence-corrected chi connectivity index (χ1v) is 10.4. The third-order valence-electron chi connectivity index (χ3n) is 5.88. The van der Waals surface area contributed by atoms with Crippen LogP contribution < -0.4 is 0 Å². The molecule has 3 atom stereocenters. The number of likely N-dealkylation sites (tertiary alicyclic amines) is 1. The molecule has 2 heterocycles. The van der Waals surface area contributed by atoms with Gasteiger partial charge in [-0.25, -0.2) is 0 Å². The Morgan fingerprint density at radius 2 is 2.17 bits per heavy atom. The fourth-order valence-corrected chi connectivity index (χ4v) is 5.79. The second-order valence-electron chi connectivity index (χ2n) is 7.44. The summed E-state index contributed by atoms with van der Waals surface area (Å²) in [6.07, 6.45) is 8.51. The van der Waals surface area contributed by atoms with Crippen molar-refractivity contribution in [1.82, 2.24) is 9.47 Å². The van der Waals surface area contributed by atoms with E-state index in [1.165, 1.54) is 43.6 Å². The number of piperidine rings is 1. The van der Waals surface area contributed by atoms with Crippen molar-refractivity contribution >= 4 is 22.7 Å². The van der Waals surface area contributed by atoms with Gasteiger partial charge in [0.25, 0.3) is 0 Å². The normalized spacial score (nSPS) is 27.3. The van der Waals surface area contributed by atoms with Gasteiger partial charge < -0.3 is 4.57 Å². The number of rotatable bonds is 4. The maximum absolute atomic E-state index is 2.81. The molecule has 0 N–H and O–H groups in total. The van der Waals surface area contributed by atoms with Gasteiger partial charge >= 0.3 is 0 Å². The first kappa shape index (κ1) is 15.6. The molecule has 1 aromatic heterocycles. The summed E-state index contributed by atoms with van der Waals surface area (Å²) in [5, 5.41) is 1.57. The SMILES string of the molecule is CCCN1CC(CSC)C[C@H]2c3cccc4c3c(cn4C)C[C@@H]21. The van der Waals surface area contributed by atoms with Crippen LogP contribution in [-0.2, 0) is 13.5 Å². The second kappa shape index (κ2) is 6.18. The number of benzene rings is 1. The summed E-state index contributed by atoms with van der Waals surface area (Å²) in [5.41, 5.74) is 4.62. The van der Waals surface area contributed by atoms with Crippen LogP contribution in [0.2, 0.25) is 0 Å². The van der Waals surface area contributed by atoms with Crippen LogP contribution in [-0.4, -0.2) is 40.6 Å². The average molecular weight is 329 g/mol. The lowest BCUT2D eigenvalue weighted by Crippen LogP contribution is -2.50. The maximum atomic E-state index is 2.81. The van der Waals surface area contributed by atoms with Crippen LogP contribution in [0.25, 0.3) is 10.9 Å². The molecular formula is C20H28N2S. The molecule has 0 amide bonds. The van der Waals surface area contributed by atoms with Gasteiger partial charge in [-0.05, 0) is 60.9 Å². The number of nitrogens with zero attached hydrogens (tertiary/aromatic N) is 2. The fourth-order valence-electron chi connectivity index (χ4n) is 5.08. The lowest BCUT2D eigenvalue weighted by atomic mass is 9.72. The Morgan fingerprint density at radius 1 is 1.30 bits per heavy atom. The molecule has 23 heavy (non-hydrogen) atoms. The van der Waals surface area contributed by atoms with Gasteiger partial charge in [0, 0.05) is 42.7 Å². The molecule has 1 saturated heterocycles. The molecule has 1 fully saturated rings. The van der Waals surface area contributed by atoms with Crippen LogP contribution in [0.4, 0.5) is 0 Å². The molecule has 3 heteroatoms. The molecule has 2 aliphatic rings. The molecule has 2 nitrogen and oxygen atoms in total. The minimum absolute atomic E-state index is 0.716. The van der Waals surface area contributed by atoms with Crippen molar-refractivity contribution in [1.29, 1.82) is 0 Å². The second-order valence-corrected chi connectivity index (χ2v) is 8.35. The van der Waals surface area contributed by atoms with Crippen LogP contribution in [0.3, 0.4) is 0 Å². The van der Waals surface area contributed by atoms with Crippen LogP contribution >= 0.6 is 11.8 Å². The minimum atomic E-state index is 0.716. The van der Waals surface area contributed by atoms with Crippen molar-refractivity contribution in [3.05, 3.63) is 35.5 Å². The zero-order valence-electron chi connectivity index (χ0n) is 14.6. The molecule has 1 aliphatic heterocycles. The van der Waals surface area contributed by atoms with E-state index >= 15 is 0 Å². The average Bonchev–Trinajstić information content (AvgIpc) is 2.87. The van der Waals surface area contributed by atoms with Gasteiger partial charge in [0.05, 0.1) is 0 Å². The van der Waals surface area contributed by atoms with Gasteiger partial charge in [0.1, 0.15) is 0 Å². The highest BCUT2D eigenvalue weighted by Gasteiger charge is 2.40. The summed E-state index contributed by atoms with van der Waals surface area (Å²) >= 11 is 2.02. The van der Waals surface area contributed by atoms with Gasteiger partial charge in [-0.2, -0.15) is 11.8 Å². The molecule has 1 aromatic carbocycles. The van der Waals surface area contributed by atoms with Crippen LogP contribution in [0, 0.1) is 5.92 Å². The predicted octanol–water partition coefficient (Wildman–Crippen LogP) is 4.28. The van der Waals surface area contributed by atoms with E-state index in [9.17, 15) is 0 Å². The largest absolute Gasteiger partial charge is 0.350 e. The first-order chi connectivity index (χ1) is 11.2. The molecule has 1 unspecified atom stereocenters. The highest BCUT2D eigenvalue weighted by atomic mass is 32.2. The van der Waals surface area contributed by atoms with Gasteiger partial charge in [0.2, 0.25) is 0 Å². The highest BCUT2D eigenvalue weighted by Crippen LogP contribution is 2.45. The topological polar surface area (TPSA) is 8.17 Å². The molecule has 0 bridgehead atoms. The molecule has 2 aromatic rings. The molecule has 4 rings (SSSR count). The van der Waals surface area contributed by atoms with E-state index < -0.39 is 0 Å². The monoisotopic (exact) mass is 328 g/mol. The molecular weight excluding hydrogens is 300 g/mol. The Balaban J connectivity index is 1.78. The van der Waals surface area contributed by atoms with E-state index in [1.807, 2.05) is 11.8 Å². The van der Waals surface area contributed by atoms with Gasteiger partial charge in [-0.3, -0.25) is 4.90 Å². The van der Waals surface area contributed by atoms with E-state index in [-0.39, 0.29) is 0 Å². The highest BCUT2D eigenvalue weighted by molar-refractivity contribution is 7.98. The summed E-state index contributed by atoms with van der Waals surface area (Å²) in [6.45, 7) is 4.88. The predicted molar refractivity (Wildman–Crippen MR) is 102 cm³/mol. The zero-order chi connectivity index (χ0) is 16.0. The fraction of sp³-hybridized carbons (Fsp3) is 0.600. The molecule has 1 aliphatic carbocycles. The lowest BCUT2D eigenvalue weighted by Gasteiger charge is -2.47. The van der Waals surface area contributed by atoms with E-state index in [0.717, 1.165) is 11.8 Å². The number of aryl methyl sites for hydroxylation is 1. The number of hydrogen-bond donors (Lipinski definition) is 0. The first-order valence-electron chi connectivity index (χ1n) is 9.02. The Kier molecular flexibility index (Phi) is 4.19. The third kappa shape index (κ3) is 2.53. The summed E-state index contributed by atoms with van der Waals surface area (Å²) in [4.78, 5) is 2.81. The number of hydrogen-bond acceptors (Lipinski definition) is 2. The quantitative estimate of drug-likeness (QED) is 0.827. The maximum Gasteiger partial charge on any atom is 0.0483 e. The Morgan fingerprint density at radius 3 is 2.96 bits per heavy atom. The summed E-state index contributed by atoms with van der Waals surface area (Å²) in [6, 6.07) is 7.68. The Hall–Kier alpha value is -0.930. The smallest absolute Gasteiger partial charge is 0.0483 e. The Labute approximate surface area is 144 Å². The van der Waals surface area contributed by atoms with Crippen molar-refractivity contribution in [2.45, 2.75) is 38.1 Å². The van der Waals surface area contributed by atoms with Crippen molar-refractivity contribution in [3.8, 4) is 0 Å². The van der Waals surface area contributed by atoms with Gasteiger partial charge in [0.15, 0.2) is 0 Å². The number of fused-ring (bicyclic) bond motifs is 2. The van der Waals surface area contributed by atoms with Crippen molar-refractivity contribution in [2.75, 3.05) is 25.1 Å². The zero-order valence-corrected chi connectivity index (χ0v) is 15.4. The van der Waals surface area contributed by atoms with Gasteiger partial charge in [-0.1, -0.05) is 19.1 Å². The molecule has 0 spiro atoms. The summed E-state index contributed by atoms with van der Waals surface area (Å²) in [7, 11) is 2.20. The lowest BCUT2D eigenvalue weighted by molar-refractivity contribution is 0.0926.